The molecule has 0 aliphatic rings. The molecule has 2 aromatic rings. The highest BCUT2D eigenvalue weighted by molar-refractivity contribution is 5.39. The van der Waals surface area contributed by atoms with E-state index in [0.717, 1.165) is 11.5 Å². The predicted molar refractivity (Wildman–Crippen MR) is 79.6 cm³/mol. The van der Waals surface area contributed by atoms with Gasteiger partial charge in [-0.1, -0.05) is 12.1 Å². The van der Waals surface area contributed by atoms with E-state index in [1.807, 2.05) is 43.3 Å². The molecule has 0 aliphatic carbocycles. The minimum Gasteiger partial charge on any atom is -0.493 e. The first-order valence-corrected chi connectivity index (χ1v) is 6.89. The first-order valence-electron chi connectivity index (χ1n) is 6.89. The summed E-state index contributed by atoms with van der Waals surface area (Å²) in [7, 11) is 1.59. The van der Waals surface area contributed by atoms with Crippen molar-refractivity contribution in [1.82, 2.24) is 5.32 Å². The van der Waals surface area contributed by atoms with Gasteiger partial charge >= 0.3 is 0 Å². The lowest BCUT2D eigenvalue weighted by Gasteiger charge is -2.14. The van der Waals surface area contributed by atoms with Crippen LogP contribution < -0.4 is 14.8 Å². The van der Waals surface area contributed by atoms with Crippen molar-refractivity contribution in [2.24, 2.45) is 0 Å². The number of nitrogens with one attached hydrogen (secondary N) is 1. The van der Waals surface area contributed by atoms with Crippen molar-refractivity contribution >= 4 is 0 Å². The van der Waals surface area contributed by atoms with Gasteiger partial charge in [0.05, 0.1) is 13.7 Å². The predicted octanol–water partition coefficient (Wildman–Crippen LogP) is 2.13. The Morgan fingerprint density at radius 3 is 2.62 bits per heavy atom. The summed E-state index contributed by atoms with van der Waals surface area (Å²) in [5.41, 5.74) is 0. The average Bonchev–Trinajstić information content (AvgIpc) is 2.91. The van der Waals surface area contributed by atoms with Crippen LogP contribution in [0.15, 0.2) is 40.8 Å². The molecule has 2 N–H and O–H groups in total. The number of benzene rings is 1. The average molecular weight is 291 g/mol. The van der Waals surface area contributed by atoms with Crippen LogP contribution >= 0.6 is 0 Å². The van der Waals surface area contributed by atoms with E-state index in [4.69, 9.17) is 13.9 Å². The number of hydrogen-bond acceptors (Lipinski definition) is 5. The van der Waals surface area contributed by atoms with Crippen LogP contribution in [0.1, 0.15) is 11.5 Å². The van der Waals surface area contributed by atoms with Gasteiger partial charge in [0.1, 0.15) is 24.2 Å². The van der Waals surface area contributed by atoms with Gasteiger partial charge in [0.25, 0.3) is 0 Å². The number of aryl methyl sites for hydroxylation is 1. The van der Waals surface area contributed by atoms with Gasteiger partial charge in [0, 0.05) is 6.54 Å². The molecule has 0 bridgehead atoms. The highest BCUT2D eigenvalue weighted by Gasteiger charge is 2.08. The number of aliphatic hydroxyl groups is 1. The zero-order valence-corrected chi connectivity index (χ0v) is 12.3. The molecule has 0 saturated heterocycles. The number of rotatable bonds is 8. The minimum atomic E-state index is -0.606. The van der Waals surface area contributed by atoms with E-state index in [9.17, 15) is 5.11 Å². The maximum atomic E-state index is 9.90. The van der Waals surface area contributed by atoms with Gasteiger partial charge in [-0.2, -0.15) is 0 Å². The Bertz CT molecular complexity index is 553. The van der Waals surface area contributed by atoms with Crippen molar-refractivity contribution in [2.75, 3.05) is 20.3 Å². The zero-order chi connectivity index (χ0) is 15.1. The second kappa shape index (κ2) is 7.71. The van der Waals surface area contributed by atoms with Gasteiger partial charge in [-0.3, -0.25) is 0 Å². The standard InChI is InChI=1S/C16H21NO4/c1-12-7-8-14(21-12)10-17-9-13(18)11-20-16-6-4-3-5-15(16)19-2/h3-8,13,17-18H,9-11H2,1-2H3. The zero-order valence-electron chi connectivity index (χ0n) is 12.3. The molecule has 21 heavy (non-hydrogen) atoms. The van der Waals surface area contributed by atoms with Gasteiger partial charge in [0.2, 0.25) is 0 Å². The Labute approximate surface area is 124 Å². The summed E-state index contributed by atoms with van der Waals surface area (Å²) < 4.78 is 16.2. The van der Waals surface area contributed by atoms with Crippen molar-refractivity contribution in [1.29, 1.82) is 0 Å². The number of methoxy groups -OCH3 is 1. The molecule has 1 unspecified atom stereocenters. The molecule has 5 nitrogen and oxygen atoms in total. The summed E-state index contributed by atoms with van der Waals surface area (Å²) in [6.07, 6.45) is -0.606. The molecule has 0 fully saturated rings. The van der Waals surface area contributed by atoms with Crippen molar-refractivity contribution in [3.05, 3.63) is 47.9 Å². The molecular formula is C16H21NO4. The van der Waals surface area contributed by atoms with Crippen LogP contribution in [0.4, 0.5) is 0 Å². The molecule has 1 aromatic carbocycles. The largest absolute Gasteiger partial charge is 0.493 e. The molecule has 0 amide bonds. The quantitative estimate of drug-likeness (QED) is 0.780. The van der Waals surface area contributed by atoms with E-state index in [2.05, 4.69) is 5.32 Å². The fourth-order valence-corrected chi connectivity index (χ4v) is 1.93. The Balaban J connectivity index is 1.71. The summed E-state index contributed by atoms with van der Waals surface area (Å²) in [5, 5.41) is 13.0. The molecule has 1 aromatic heterocycles. The van der Waals surface area contributed by atoms with Crippen LogP contribution in [0.2, 0.25) is 0 Å². The molecule has 1 atom stereocenters. The van der Waals surface area contributed by atoms with E-state index >= 15 is 0 Å². The molecule has 0 radical (unpaired) electrons. The fraction of sp³-hybridized carbons (Fsp3) is 0.375. The second-order valence-electron chi connectivity index (χ2n) is 4.76. The summed E-state index contributed by atoms with van der Waals surface area (Å²) in [6.45, 7) is 3.11. The fourth-order valence-electron chi connectivity index (χ4n) is 1.93. The Morgan fingerprint density at radius 2 is 1.95 bits per heavy atom. The van der Waals surface area contributed by atoms with Crippen LogP contribution in [0.3, 0.4) is 0 Å². The smallest absolute Gasteiger partial charge is 0.161 e. The van der Waals surface area contributed by atoms with Gasteiger partial charge in [-0.25, -0.2) is 0 Å². The maximum absolute atomic E-state index is 9.90. The van der Waals surface area contributed by atoms with Crippen molar-refractivity contribution in [2.45, 2.75) is 19.6 Å². The molecular weight excluding hydrogens is 270 g/mol. The van der Waals surface area contributed by atoms with E-state index < -0.39 is 6.10 Å². The lowest BCUT2D eigenvalue weighted by molar-refractivity contribution is 0.104. The third-order valence-corrected chi connectivity index (χ3v) is 2.98. The third-order valence-electron chi connectivity index (χ3n) is 2.98. The van der Waals surface area contributed by atoms with E-state index in [1.165, 1.54) is 0 Å². The van der Waals surface area contributed by atoms with E-state index in [-0.39, 0.29) is 6.61 Å². The summed E-state index contributed by atoms with van der Waals surface area (Å²) in [4.78, 5) is 0. The summed E-state index contributed by atoms with van der Waals surface area (Å²) >= 11 is 0. The summed E-state index contributed by atoms with van der Waals surface area (Å²) in [5.74, 6) is 3.02. The van der Waals surface area contributed by atoms with Crippen LogP contribution in [-0.4, -0.2) is 31.5 Å². The van der Waals surface area contributed by atoms with E-state index in [0.29, 0.717) is 24.6 Å². The Hall–Kier alpha value is -1.98. The van der Waals surface area contributed by atoms with Crippen LogP contribution in [-0.2, 0) is 6.54 Å². The Morgan fingerprint density at radius 1 is 1.19 bits per heavy atom. The molecule has 5 heteroatoms. The van der Waals surface area contributed by atoms with Crippen LogP contribution in [0.25, 0.3) is 0 Å². The van der Waals surface area contributed by atoms with Crippen LogP contribution in [0, 0.1) is 6.92 Å². The maximum Gasteiger partial charge on any atom is 0.161 e. The number of furan rings is 1. The van der Waals surface area contributed by atoms with Crippen molar-refractivity contribution in [3.63, 3.8) is 0 Å². The molecule has 114 valence electrons. The number of ether oxygens (including phenoxy) is 2. The lowest BCUT2D eigenvalue weighted by atomic mass is 10.3. The van der Waals surface area contributed by atoms with Gasteiger partial charge < -0.3 is 24.3 Å². The molecule has 0 aliphatic heterocycles. The minimum absolute atomic E-state index is 0.199. The molecule has 1 heterocycles. The number of aliphatic hydroxyl groups excluding tert-OH is 1. The highest BCUT2D eigenvalue weighted by atomic mass is 16.5. The van der Waals surface area contributed by atoms with Gasteiger partial charge in [-0.05, 0) is 31.2 Å². The van der Waals surface area contributed by atoms with Crippen molar-refractivity contribution in [3.8, 4) is 11.5 Å². The summed E-state index contributed by atoms with van der Waals surface area (Å²) in [6, 6.07) is 11.2. The number of hydrogen-bond donors (Lipinski definition) is 2. The second-order valence-corrected chi connectivity index (χ2v) is 4.76. The van der Waals surface area contributed by atoms with Gasteiger partial charge in [-0.15, -0.1) is 0 Å². The Kier molecular flexibility index (Phi) is 5.66. The molecule has 2 rings (SSSR count). The topological polar surface area (TPSA) is 63.9 Å². The first-order chi connectivity index (χ1) is 10.2. The van der Waals surface area contributed by atoms with Gasteiger partial charge in [0.15, 0.2) is 11.5 Å². The monoisotopic (exact) mass is 291 g/mol. The number of para-hydroxylation sites is 2. The molecule has 0 saturated carbocycles. The normalized spacial score (nSPS) is 12.1. The molecule has 0 spiro atoms. The van der Waals surface area contributed by atoms with Crippen molar-refractivity contribution < 1.29 is 19.0 Å². The van der Waals surface area contributed by atoms with Crippen LogP contribution in [0.5, 0.6) is 11.5 Å². The lowest BCUT2D eigenvalue weighted by Crippen LogP contribution is -2.31. The SMILES string of the molecule is COc1ccccc1OCC(O)CNCc1ccc(C)o1. The first kappa shape index (κ1) is 15.4. The van der Waals surface area contributed by atoms with E-state index in [1.54, 1.807) is 7.11 Å². The highest BCUT2D eigenvalue weighted by Crippen LogP contribution is 2.25. The third kappa shape index (κ3) is 4.81.